The molecule has 20 heavy (non-hydrogen) atoms. The van der Waals surface area contributed by atoms with Gasteiger partial charge in [-0.2, -0.15) is 0 Å². The van der Waals surface area contributed by atoms with Crippen LogP contribution in [0, 0.1) is 0 Å². The quantitative estimate of drug-likeness (QED) is 0.789. The van der Waals surface area contributed by atoms with Crippen LogP contribution in [0.25, 0.3) is 0 Å². The number of hydrogen-bond donors (Lipinski definition) is 2. The van der Waals surface area contributed by atoms with Crippen LogP contribution in [0.2, 0.25) is 0 Å². The van der Waals surface area contributed by atoms with Gasteiger partial charge in [0.1, 0.15) is 5.75 Å². The molecule has 0 fully saturated rings. The molecule has 2 aromatic rings. The molecule has 4 nitrogen and oxygen atoms in total. The highest BCUT2D eigenvalue weighted by atomic mass is 79.9. The van der Waals surface area contributed by atoms with Gasteiger partial charge in [0.15, 0.2) is 0 Å². The Morgan fingerprint density at radius 3 is 2.85 bits per heavy atom. The fraction of sp³-hybridized carbons (Fsp3) is 0.133. The molecule has 0 atom stereocenters. The minimum absolute atomic E-state index is 0.0119. The zero-order valence-corrected chi connectivity index (χ0v) is 12.2. The van der Waals surface area contributed by atoms with E-state index < -0.39 is 0 Å². The van der Waals surface area contributed by atoms with E-state index in [1.165, 1.54) is 6.07 Å². The molecule has 3 rings (SSSR count). The van der Waals surface area contributed by atoms with Crippen molar-refractivity contribution in [2.45, 2.75) is 6.42 Å². The molecule has 0 unspecified atom stereocenters. The van der Waals surface area contributed by atoms with Gasteiger partial charge in [0.05, 0.1) is 5.56 Å². The summed E-state index contributed by atoms with van der Waals surface area (Å²) in [5.74, 6) is -0.214. The van der Waals surface area contributed by atoms with Crippen LogP contribution < -0.4 is 10.6 Å². The number of rotatable bonds is 1. The fourth-order valence-corrected chi connectivity index (χ4v) is 2.82. The molecule has 1 aliphatic heterocycles. The van der Waals surface area contributed by atoms with E-state index in [1.54, 1.807) is 23.1 Å². The summed E-state index contributed by atoms with van der Waals surface area (Å²) < 4.78 is 0.760. The second-order valence-corrected chi connectivity index (χ2v) is 5.67. The van der Waals surface area contributed by atoms with Crippen LogP contribution in [0.15, 0.2) is 40.9 Å². The Hall–Kier alpha value is -2.01. The van der Waals surface area contributed by atoms with Gasteiger partial charge in [0, 0.05) is 22.4 Å². The maximum Gasteiger partial charge on any atom is 0.262 e. The summed E-state index contributed by atoms with van der Waals surface area (Å²) >= 11 is 3.32. The second kappa shape index (κ2) is 4.83. The molecule has 0 aromatic heterocycles. The Labute approximate surface area is 125 Å². The Morgan fingerprint density at radius 1 is 1.25 bits per heavy atom. The van der Waals surface area contributed by atoms with Crippen LogP contribution >= 0.6 is 15.9 Å². The average molecular weight is 333 g/mol. The molecule has 1 amide bonds. The molecular weight excluding hydrogens is 320 g/mol. The van der Waals surface area contributed by atoms with Gasteiger partial charge in [0.25, 0.3) is 5.91 Å². The molecular formula is C15H13BrN2O2. The van der Waals surface area contributed by atoms with E-state index in [4.69, 9.17) is 5.73 Å². The van der Waals surface area contributed by atoms with E-state index in [-0.39, 0.29) is 11.7 Å². The number of phenolic OH excluding ortho intramolecular Hbond substituents is 1. The van der Waals surface area contributed by atoms with Crippen molar-refractivity contribution in [1.29, 1.82) is 0 Å². The highest BCUT2D eigenvalue weighted by molar-refractivity contribution is 9.10. The highest BCUT2D eigenvalue weighted by Crippen LogP contribution is 2.32. The van der Waals surface area contributed by atoms with Gasteiger partial charge in [-0.25, -0.2) is 0 Å². The standard InChI is InChI=1S/C15H13BrN2O2/c16-10-1-4-14(19)12(8-10)15(20)18-6-5-9-7-11(17)2-3-13(9)18/h1-4,7-8,19H,5-6,17H2. The number of nitrogens with two attached hydrogens (primary N) is 1. The Kier molecular flexibility index (Phi) is 3.14. The van der Waals surface area contributed by atoms with Gasteiger partial charge < -0.3 is 15.7 Å². The predicted molar refractivity (Wildman–Crippen MR) is 82.0 cm³/mol. The van der Waals surface area contributed by atoms with Gasteiger partial charge >= 0.3 is 0 Å². The van der Waals surface area contributed by atoms with Gasteiger partial charge in [-0.05, 0) is 48.4 Å². The fourth-order valence-electron chi connectivity index (χ4n) is 2.46. The van der Waals surface area contributed by atoms with E-state index in [9.17, 15) is 9.90 Å². The number of amides is 1. The first-order valence-electron chi connectivity index (χ1n) is 6.25. The SMILES string of the molecule is Nc1ccc2c(c1)CCN2C(=O)c1cc(Br)ccc1O. The smallest absolute Gasteiger partial charge is 0.262 e. The summed E-state index contributed by atoms with van der Waals surface area (Å²) in [6.07, 6.45) is 0.779. The largest absolute Gasteiger partial charge is 0.507 e. The number of fused-ring (bicyclic) bond motifs is 1. The Balaban J connectivity index is 2.00. The summed E-state index contributed by atoms with van der Waals surface area (Å²) in [7, 11) is 0. The summed E-state index contributed by atoms with van der Waals surface area (Å²) in [6, 6.07) is 10.4. The lowest BCUT2D eigenvalue weighted by Gasteiger charge is -2.18. The van der Waals surface area contributed by atoms with E-state index in [0.717, 1.165) is 22.1 Å². The van der Waals surface area contributed by atoms with Crippen molar-refractivity contribution >= 4 is 33.2 Å². The number of carbonyl (C=O) groups excluding carboxylic acids is 1. The topological polar surface area (TPSA) is 66.6 Å². The molecule has 102 valence electrons. The van der Waals surface area contributed by atoms with Crippen molar-refractivity contribution in [3.05, 3.63) is 52.0 Å². The molecule has 0 saturated carbocycles. The summed E-state index contributed by atoms with van der Waals surface area (Å²) in [4.78, 5) is 14.3. The molecule has 2 aromatic carbocycles. The van der Waals surface area contributed by atoms with E-state index >= 15 is 0 Å². The lowest BCUT2D eigenvalue weighted by atomic mass is 10.1. The van der Waals surface area contributed by atoms with Crippen molar-refractivity contribution in [1.82, 2.24) is 0 Å². The first-order chi connectivity index (χ1) is 9.56. The zero-order chi connectivity index (χ0) is 14.3. The van der Waals surface area contributed by atoms with Crippen molar-refractivity contribution in [3.8, 4) is 5.75 Å². The minimum Gasteiger partial charge on any atom is -0.507 e. The third-order valence-electron chi connectivity index (χ3n) is 3.43. The first-order valence-corrected chi connectivity index (χ1v) is 7.04. The molecule has 0 aliphatic carbocycles. The second-order valence-electron chi connectivity index (χ2n) is 4.76. The molecule has 0 bridgehead atoms. The minimum atomic E-state index is -0.202. The number of halogens is 1. The maximum absolute atomic E-state index is 12.6. The molecule has 5 heteroatoms. The number of benzene rings is 2. The van der Waals surface area contributed by atoms with Gasteiger partial charge in [-0.15, -0.1) is 0 Å². The van der Waals surface area contributed by atoms with Crippen LogP contribution in [0.3, 0.4) is 0 Å². The molecule has 3 N–H and O–H groups in total. The van der Waals surface area contributed by atoms with Crippen molar-refractivity contribution in [2.24, 2.45) is 0 Å². The number of hydrogen-bond acceptors (Lipinski definition) is 3. The molecule has 0 saturated heterocycles. The first kappa shape index (κ1) is 13.0. The van der Waals surface area contributed by atoms with Crippen molar-refractivity contribution in [2.75, 3.05) is 17.2 Å². The van der Waals surface area contributed by atoms with Crippen LogP contribution in [-0.2, 0) is 6.42 Å². The highest BCUT2D eigenvalue weighted by Gasteiger charge is 2.27. The van der Waals surface area contributed by atoms with Crippen LogP contribution in [-0.4, -0.2) is 17.6 Å². The Morgan fingerprint density at radius 2 is 2.05 bits per heavy atom. The van der Waals surface area contributed by atoms with E-state index in [2.05, 4.69) is 15.9 Å². The number of phenols is 1. The number of carbonyl (C=O) groups is 1. The lowest BCUT2D eigenvalue weighted by molar-refractivity contribution is 0.0987. The van der Waals surface area contributed by atoms with Crippen LogP contribution in [0.4, 0.5) is 11.4 Å². The molecule has 0 spiro atoms. The maximum atomic E-state index is 12.6. The van der Waals surface area contributed by atoms with Gasteiger partial charge in [0.2, 0.25) is 0 Å². The van der Waals surface area contributed by atoms with Gasteiger partial charge in [-0.1, -0.05) is 15.9 Å². The van der Waals surface area contributed by atoms with Crippen molar-refractivity contribution < 1.29 is 9.90 Å². The predicted octanol–water partition coefficient (Wildman–Crippen LogP) is 2.94. The third kappa shape index (κ3) is 2.14. The normalized spacial score (nSPS) is 13.3. The molecule has 1 heterocycles. The Bertz CT molecular complexity index is 700. The number of nitrogen functional groups attached to an aromatic ring is 1. The van der Waals surface area contributed by atoms with E-state index in [1.807, 2.05) is 12.1 Å². The number of aromatic hydroxyl groups is 1. The summed E-state index contributed by atoms with van der Waals surface area (Å²) in [5, 5.41) is 9.87. The monoisotopic (exact) mass is 332 g/mol. The number of anilines is 2. The van der Waals surface area contributed by atoms with Crippen LogP contribution in [0.5, 0.6) is 5.75 Å². The van der Waals surface area contributed by atoms with E-state index in [0.29, 0.717) is 17.8 Å². The molecule has 1 aliphatic rings. The third-order valence-corrected chi connectivity index (χ3v) is 3.93. The molecule has 0 radical (unpaired) electrons. The average Bonchev–Trinajstić information content (AvgIpc) is 2.83. The van der Waals surface area contributed by atoms with Crippen LogP contribution in [0.1, 0.15) is 15.9 Å². The van der Waals surface area contributed by atoms with Gasteiger partial charge in [-0.3, -0.25) is 4.79 Å². The summed E-state index contributed by atoms with van der Waals surface area (Å²) in [5.41, 5.74) is 8.68. The van der Waals surface area contributed by atoms with Crippen molar-refractivity contribution in [3.63, 3.8) is 0 Å². The number of nitrogens with zero attached hydrogens (tertiary/aromatic N) is 1. The lowest BCUT2D eigenvalue weighted by Crippen LogP contribution is -2.28. The zero-order valence-electron chi connectivity index (χ0n) is 10.6. The summed E-state index contributed by atoms with van der Waals surface area (Å²) in [6.45, 7) is 0.601.